The molecule has 0 radical (unpaired) electrons. The molecule has 2 amide bonds. The van der Waals surface area contributed by atoms with E-state index in [2.05, 4.69) is 15.5 Å². The summed E-state index contributed by atoms with van der Waals surface area (Å²) in [5.41, 5.74) is 2.84. The molecule has 3 rings (SSSR count). The number of pyridine rings is 1. The quantitative estimate of drug-likeness (QED) is 0.0713. The molecule has 1 heterocycles. The van der Waals surface area contributed by atoms with E-state index in [4.69, 9.17) is 18.9 Å². The first kappa shape index (κ1) is 37.5. The highest BCUT2D eigenvalue weighted by molar-refractivity contribution is 5.98. The summed E-state index contributed by atoms with van der Waals surface area (Å²) in [6.45, 7) is 14.1. The van der Waals surface area contributed by atoms with Crippen LogP contribution in [0.25, 0.3) is 0 Å². The number of hydrogen-bond acceptors (Lipinski definition) is 9. The molecule has 0 saturated carbocycles. The number of carbonyl (C=O) groups is 3. The summed E-state index contributed by atoms with van der Waals surface area (Å²) in [7, 11) is 0. The number of nitrogens with one attached hydrogen (secondary N) is 1. The molecule has 0 atom stereocenters. The van der Waals surface area contributed by atoms with Crippen LogP contribution in [0.1, 0.15) is 94.0 Å². The van der Waals surface area contributed by atoms with Crippen LogP contribution in [-0.2, 0) is 9.53 Å². The molecule has 2 aromatic carbocycles. The van der Waals surface area contributed by atoms with E-state index >= 15 is 0 Å². The summed E-state index contributed by atoms with van der Waals surface area (Å²) in [6.07, 6.45) is 7.18. The van der Waals surface area contributed by atoms with Crippen molar-refractivity contribution >= 4 is 24.0 Å². The van der Waals surface area contributed by atoms with E-state index in [0.29, 0.717) is 30.1 Å². The number of ether oxygens (including phenoxy) is 4. The molecule has 1 N–H and O–H groups in total. The summed E-state index contributed by atoms with van der Waals surface area (Å²) >= 11 is 0. The molecule has 0 spiro atoms. The van der Waals surface area contributed by atoms with Gasteiger partial charge in [-0.05, 0) is 122 Å². The normalized spacial score (nSPS) is 11.4. The van der Waals surface area contributed by atoms with Crippen molar-refractivity contribution in [1.82, 2.24) is 15.3 Å². The van der Waals surface area contributed by atoms with Gasteiger partial charge in [-0.15, -0.1) is 0 Å². The van der Waals surface area contributed by atoms with Crippen molar-refractivity contribution < 1.29 is 33.3 Å². The Morgan fingerprint density at radius 3 is 2.08 bits per heavy atom. The predicted octanol–water partition coefficient (Wildman–Crippen LogP) is 6.45. The van der Waals surface area contributed by atoms with Gasteiger partial charge in [-0.25, -0.2) is 10.2 Å². The SMILES string of the molecule is CCOC(=O)C(C)(C)Oc1cc(OCCCCCOc2ccc(C=NNC(=O)c3ccncc3)cc2)ccc1C(=O)N(C(C)C)C(C)C. The maximum atomic E-state index is 13.6. The van der Waals surface area contributed by atoms with Gasteiger partial charge < -0.3 is 23.8 Å². The minimum Gasteiger partial charge on any atom is -0.494 e. The highest BCUT2D eigenvalue weighted by Crippen LogP contribution is 2.31. The number of benzene rings is 2. The Bertz CT molecular complexity index is 1500. The van der Waals surface area contributed by atoms with Crippen LogP contribution in [0, 0.1) is 0 Å². The fourth-order valence-electron chi connectivity index (χ4n) is 4.82. The van der Waals surface area contributed by atoms with Crippen molar-refractivity contribution in [3.05, 3.63) is 83.7 Å². The lowest BCUT2D eigenvalue weighted by Crippen LogP contribution is -2.43. The lowest BCUT2D eigenvalue weighted by molar-refractivity contribution is -0.158. The Morgan fingerprint density at radius 2 is 1.48 bits per heavy atom. The molecule has 0 aliphatic rings. The standard InChI is InChI=1S/C37H48N4O7/c1-8-45-36(44)37(6,7)48-33-24-31(16-17-32(33)35(43)41(26(2)3)27(4)5)47-23-11-9-10-22-46-30-14-12-28(13-15-30)25-39-40-34(42)29-18-20-38-21-19-29/h12-21,24-27H,8-11,22-23H2,1-7H3,(H,40,42). The highest BCUT2D eigenvalue weighted by atomic mass is 16.6. The maximum absolute atomic E-state index is 13.6. The Labute approximate surface area is 283 Å². The van der Waals surface area contributed by atoms with Gasteiger partial charge in [-0.3, -0.25) is 14.6 Å². The van der Waals surface area contributed by atoms with Crippen LogP contribution in [0.15, 0.2) is 72.1 Å². The summed E-state index contributed by atoms with van der Waals surface area (Å²) in [6, 6.07) is 15.7. The van der Waals surface area contributed by atoms with Gasteiger partial charge in [0.1, 0.15) is 17.2 Å². The third-order valence-electron chi connectivity index (χ3n) is 7.19. The number of aromatic nitrogens is 1. The molecule has 1 aromatic heterocycles. The molecule has 0 aliphatic carbocycles. The van der Waals surface area contributed by atoms with Gasteiger partial charge in [0, 0.05) is 36.1 Å². The molecule has 0 aliphatic heterocycles. The first-order chi connectivity index (χ1) is 22.9. The molecule has 11 nitrogen and oxygen atoms in total. The monoisotopic (exact) mass is 660 g/mol. The van der Waals surface area contributed by atoms with Crippen LogP contribution in [-0.4, -0.2) is 71.4 Å². The van der Waals surface area contributed by atoms with Crippen LogP contribution < -0.4 is 19.6 Å². The van der Waals surface area contributed by atoms with Gasteiger partial charge in [-0.1, -0.05) is 0 Å². The smallest absolute Gasteiger partial charge is 0.349 e. The van der Waals surface area contributed by atoms with Gasteiger partial charge in [0.2, 0.25) is 0 Å². The van der Waals surface area contributed by atoms with E-state index in [1.165, 1.54) is 0 Å². The Morgan fingerprint density at radius 1 is 0.875 bits per heavy atom. The molecule has 0 saturated heterocycles. The van der Waals surface area contributed by atoms with Crippen LogP contribution in [0.3, 0.4) is 0 Å². The van der Waals surface area contributed by atoms with Crippen molar-refractivity contribution in [2.45, 2.75) is 85.4 Å². The lowest BCUT2D eigenvalue weighted by Gasteiger charge is -2.32. The summed E-state index contributed by atoms with van der Waals surface area (Å²) < 4.78 is 23.2. The Hall–Kier alpha value is -4.93. The molecule has 11 heteroatoms. The number of hydrazone groups is 1. The Kier molecular flexibility index (Phi) is 14.4. The second-order valence-corrected chi connectivity index (χ2v) is 12.2. The number of carbonyl (C=O) groups excluding carboxylic acids is 3. The van der Waals surface area contributed by atoms with Crippen LogP contribution in [0.2, 0.25) is 0 Å². The van der Waals surface area contributed by atoms with Crippen LogP contribution >= 0.6 is 0 Å². The third kappa shape index (κ3) is 11.4. The molecule has 3 aromatic rings. The van der Waals surface area contributed by atoms with E-state index < -0.39 is 11.6 Å². The zero-order valence-electron chi connectivity index (χ0n) is 29.0. The number of amides is 2. The van der Waals surface area contributed by atoms with Gasteiger partial charge in [0.15, 0.2) is 5.60 Å². The van der Waals surface area contributed by atoms with Gasteiger partial charge in [0.25, 0.3) is 11.8 Å². The summed E-state index contributed by atoms with van der Waals surface area (Å²) in [5.74, 6) is 0.535. The lowest BCUT2D eigenvalue weighted by atomic mass is 10.1. The zero-order valence-corrected chi connectivity index (χ0v) is 29.0. The predicted molar refractivity (Wildman–Crippen MR) is 185 cm³/mol. The van der Waals surface area contributed by atoms with Crippen molar-refractivity contribution in [1.29, 1.82) is 0 Å². The number of nitrogens with zero attached hydrogens (tertiary/aromatic N) is 3. The van der Waals surface area contributed by atoms with Gasteiger partial charge in [0.05, 0.1) is 31.6 Å². The molecule has 48 heavy (non-hydrogen) atoms. The first-order valence-electron chi connectivity index (χ1n) is 16.3. The second-order valence-electron chi connectivity index (χ2n) is 12.2. The van der Waals surface area contributed by atoms with Crippen molar-refractivity contribution in [2.24, 2.45) is 5.10 Å². The number of rotatable bonds is 18. The van der Waals surface area contributed by atoms with E-state index in [1.807, 2.05) is 52.0 Å². The van der Waals surface area contributed by atoms with Gasteiger partial charge >= 0.3 is 5.97 Å². The average Bonchev–Trinajstić information content (AvgIpc) is 3.05. The topological polar surface area (TPSA) is 129 Å². The zero-order chi connectivity index (χ0) is 35.1. The number of hydrogen-bond donors (Lipinski definition) is 1. The Balaban J connectivity index is 1.48. The van der Waals surface area contributed by atoms with Crippen molar-refractivity contribution in [2.75, 3.05) is 19.8 Å². The third-order valence-corrected chi connectivity index (χ3v) is 7.19. The van der Waals surface area contributed by atoms with Crippen molar-refractivity contribution in [3.8, 4) is 17.2 Å². The molecule has 0 fully saturated rings. The number of unbranched alkanes of at least 4 members (excludes halogenated alkanes) is 2. The van der Waals surface area contributed by atoms with Crippen LogP contribution in [0.5, 0.6) is 17.2 Å². The van der Waals surface area contributed by atoms with Gasteiger partial charge in [-0.2, -0.15) is 5.10 Å². The summed E-state index contributed by atoms with van der Waals surface area (Å²) in [5, 5.41) is 4.00. The molecule has 0 bridgehead atoms. The number of esters is 1. The fraction of sp³-hybridized carbons (Fsp3) is 0.432. The maximum Gasteiger partial charge on any atom is 0.349 e. The minimum atomic E-state index is -1.31. The second kappa shape index (κ2) is 18.4. The molecule has 258 valence electrons. The highest BCUT2D eigenvalue weighted by Gasteiger charge is 2.34. The average molecular weight is 661 g/mol. The molecular formula is C37H48N4O7. The van der Waals surface area contributed by atoms with E-state index in [1.54, 1.807) is 74.6 Å². The summed E-state index contributed by atoms with van der Waals surface area (Å²) in [4.78, 5) is 43.9. The minimum absolute atomic E-state index is 0.0264. The fourth-order valence-corrected chi connectivity index (χ4v) is 4.82. The first-order valence-corrected chi connectivity index (χ1v) is 16.3. The largest absolute Gasteiger partial charge is 0.494 e. The van der Waals surface area contributed by atoms with E-state index in [9.17, 15) is 14.4 Å². The molecular weight excluding hydrogens is 612 g/mol. The van der Waals surface area contributed by atoms with Crippen molar-refractivity contribution in [3.63, 3.8) is 0 Å². The molecule has 0 unspecified atom stereocenters. The van der Waals surface area contributed by atoms with E-state index in [0.717, 1.165) is 30.6 Å². The van der Waals surface area contributed by atoms with E-state index in [-0.39, 0.29) is 36.3 Å². The van der Waals surface area contributed by atoms with Crippen LogP contribution in [0.4, 0.5) is 0 Å².